The summed E-state index contributed by atoms with van der Waals surface area (Å²) in [6.45, 7) is 3.65. The Morgan fingerprint density at radius 1 is 1.20 bits per heavy atom. The first-order chi connectivity index (χ1) is 12.2. The summed E-state index contributed by atoms with van der Waals surface area (Å²) in [7, 11) is 1.66. The van der Waals surface area contributed by atoms with Gasteiger partial charge in [0.1, 0.15) is 6.10 Å². The van der Waals surface area contributed by atoms with Crippen LogP contribution in [0.15, 0.2) is 18.2 Å². The standard InChI is InChI=1S/C20H29NO4/c1-3-4-12-21-13-11-17(25-20(21)22)15-9-10-18(23-2)19(14-15)24-16-7-5-6-8-16/h9-10,14,16-17H,3-8,11-13H2,1-2H3. The monoisotopic (exact) mass is 347 g/mol. The van der Waals surface area contributed by atoms with Crippen LogP contribution in [0.25, 0.3) is 0 Å². The Bertz CT molecular complexity index is 583. The molecule has 1 saturated carbocycles. The van der Waals surface area contributed by atoms with E-state index in [4.69, 9.17) is 14.2 Å². The summed E-state index contributed by atoms with van der Waals surface area (Å²) in [5.41, 5.74) is 0.984. The number of unbranched alkanes of at least 4 members (excludes halogenated alkanes) is 1. The van der Waals surface area contributed by atoms with Crippen LogP contribution in [-0.2, 0) is 4.74 Å². The highest BCUT2D eigenvalue weighted by atomic mass is 16.6. The van der Waals surface area contributed by atoms with E-state index in [9.17, 15) is 4.79 Å². The van der Waals surface area contributed by atoms with Crippen molar-refractivity contribution in [3.63, 3.8) is 0 Å². The number of hydrogen-bond donors (Lipinski definition) is 0. The van der Waals surface area contributed by atoms with Crippen molar-refractivity contribution in [2.24, 2.45) is 0 Å². The maximum Gasteiger partial charge on any atom is 0.410 e. The van der Waals surface area contributed by atoms with Crippen LogP contribution in [0.2, 0.25) is 0 Å². The van der Waals surface area contributed by atoms with Crippen molar-refractivity contribution in [3.8, 4) is 11.5 Å². The van der Waals surface area contributed by atoms with E-state index >= 15 is 0 Å². The lowest BCUT2D eigenvalue weighted by molar-refractivity contribution is 0.0237. The minimum atomic E-state index is -0.209. The Morgan fingerprint density at radius 2 is 2.00 bits per heavy atom. The van der Waals surface area contributed by atoms with Crippen molar-refractivity contribution >= 4 is 6.09 Å². The van der Waals surface area contributed by atoms with Gasteiger partial charge in [0.2, 0.25) is 0 Å². The number of carbonyl (C=O) groups is 1. The molecular formula is C20H29NO4. The maximum atomic E-state index is 12.2. The van der Waals surface area contributed by atoms with Gasteiger partial charge in [0, 0.05) is 19.5 Å². The summed E-state index contributed by atoms with van der Waals surface area (Å²) < 4.78 is 17.3. The summed E-state index contributed by atoms with van der Waals surface area (Å²) >= 11 is 0. The Hall–Kier alpha value is -1.91. The third kappa shape index (κ3) is 4.39. The van der Waals surface area contributed by atoms with E-state index in [2.05, 4.69) is 6.92 Å². The summed E-state index contributed by atoms with van der Waals surface area (Å²) in [5.74, 6) is 1.50. The van der Waals surface area contributed by atoms with Gasteiger partial charge >= 0.3 is 6.09 Å². The van der Waals surface area contributed by atoms with E-state index < -0.39 is 0 Å². The molecule has 138 valence electrons. The molecule has 0 radical (unpaired) electrons. The van der Waals surface area contributed by atoms with Gasteiger partial charge in [-0.05, 0) is 49.8 Å². The van der Waals surface area contributed by atoms with Crippen LogP contribution in [0.3, 0.4) is 0 Å². The first kappa shape index (κ1) is 17.9. The molecule has 2 aliphatic rings. The van der Waals surface area contributed by atoms with E-state index in [1.807, 2.05) is 18.2 Å². The number of methoxy groups -OCH3 is 1. The molecule has 25 heavy (non-hydrogen) atoms. The van der Waals surface area contributed by atoms with Gasteiger partial charge in [-0.2, -0.15) is 0 Å². The topological polar surface area (TPSA) is 48.0 Å². The molecule has 0 spiro atoms. The number of cyclic esters (lactones) is 1. The quantitative estimate of drug-likeness (QED) is 0.717. The highest BCUT2D eigenvalue weighted by Crippen LogP contribution is 2.36. The normalized spacial score (nSPS) is 21.3. The van der Waals surface area contributed by atoms with Gasteiger partial charge in [-0.3, -0.25) is 0 Å². The molecule has 5 nitrogen and oxygen atoms in total. The second-order valence-corrected chi connectivity index (χ2v) is 6.94. The summed E-state index contributed by atoms with van der Waals surface area (Å²) in [5, 5.41) is 0. The van der Waals surface area contributed by atoms with Crippen LogP contribution >= 0.6 is 0 Å². The highest BCUT2D eigenvalue weighted by molar-refractivity contribution is 5.68. The number of amides is 1. The molecule has 1 amide bonds. The van der Waals surface area contributed by atoms with Crippen molar-refractivity contribution in [1.82, 2.24) is 4.90 Å². The predicted molar refractivity (Wildman–Crippen MR) is 96.2 cm³/mol. The van der Waals surface area contributed by atoms with Crippen LogP contribution < -0.4 is 9.47 Å². The molecule has 2 fully saturated rings. The SMILES string of the molecule is CCCCN1CCC(c2ccc(OC)c(OC3CCCC3)c2)OC1=O. The Kier molecular flexibility index (Phi) is 6.05. The fraction of sp³-hybridized carbons (Fsp3) is 0.650. The van der Waals surface area contributed by atoms with Gasteiger partial charge in [-0.25, -0.2) is 4.79 Å². The summed E-state index contributed by atoms with van der Waals surface area (Å²) in [4.78, 5) is 14.0. The van der Waals surface area contributed by atoms with Crippen molar-refractivity contribution in [2.45, 2.75) is 64.1 Å². The number of hydrogen-bond acceptors (Lipinski definition) is 4. The molecule has 1 atom stereocenters. The second-order valence-electron chi connectivity index (χ2n) is 6.94. The van der Waals surface area contributed by atoms with E-state index in [0.717, 1.165) is 62.3 Å². The third-order valence-electron chi connectivity index (χ3n) is 5.10. The van der Waals surface area contributed by atoms with Gasteiger partial charge < -0.3 is 19.1 Å². The van der Waals surface area contributed by atoms with Crippen molar-refractivity contribution in [3.05, 3.63) is 23.8 Å². The number of rotatable bonds is 7. The molecule has 1 aliphatic heterocycles. The lowest BCUT2D eigenvalue weighted by Crippen LogP contribution is -2.39. The lowest BCUT2D eigenvalue weighted by Gasteiger charge is -2.32. The average molecular weight is 347 g/mol. The minimum Gasteiger partial charge on any atom is -0.493 e. The van der Waals surface area contributed by atoms with Crippen LogP contribution in [0.4, 0.5) is 4.79 Å². The predicted octanol–water partition coefficient (Wildman–Crippen LogP) is 4.70. The van der Waals surface area contributed by atoms with Gasteiger partial charge in [-0.15, -0.1) is 0 Å². The van der Waals surface area contributed by atoms with E-state index in [1.54, 1.807) is 12.0 Å². The van der Waals surface area contributed by atoms with Gasteiger partial charge in [0.05, 0.1) is 13.2 Å². The number of ether oxygens (including phenoxy) is 3. The molecule has 1 heterocycles. The number of nitrogens with zero attached hydrogens (tertiary/aromatic N) is 1. The molecule has 3 rings (SSSR count). The van der Waals surface area contributed by atoms with Crippen molar-refractivity contribution in [2.75, 3.05) is 20.2 Å². The van der Waals surface area contributed by atoms with Crippen LogP contribution in [0.5, 0.6) is 11.5 Å². The molecule has 5 heteroatoms. The van der Waals surface area contributed by atoms with Crippen LogP contribution in [0.1, 0.15) is 63.5 Å². The summed E-state index contributed by atoms with van der Waals surface area (Å²) in [6.07, 6.45) is 7.39. The van der Waals surface area contributed by atoms with E-state index in [-0.39, 0.29) is 18.3 Å². The Morgan fingerprint density at radius 3 is 2.68 bits per heavy atom. The van der Waals surface area contributed by atoms with Crippen molar-refractivity contribution < 1.29 is 19.0 Å². The first-order valence-electron chi connectivity index (χ1n) is 9.51. The van der Waals surface area contributed by atoms with Crippen molar-refractivity contribution in [1.29, 1.82) is 0 Å². The third-order valence-corrected chi connectivity index (χ3v) is 5.10. The molecule has 0 bridgehead atoms. The van der Waals surface area contributed by atoms with Gasteiger partial charge in [0.15, 0.2) is 11.5 Å². The van der Waals surface area contributed by atoms with E-state index in [0.29, 0.717) is 0 Å². The fourth-order valence-corrected chi connectivity index (χ4v) is 3.58. The fourth-order valence-electron chi connectivity index (χ4n) is 3.58. The molecule has 0 N–H and O–H groups in total. The average Bonchev–Trinajstić information content (AvgIpc) is 3.13. The zero-order valence-electron chi connectivity index (χ0n) is 15.3. The molecule has 1 aromatic rings. The number of carbonyl (C=O) groups excluding carboxylic acids is 1. The van der Waals surface area contributed by atoms with Crippen LogP contribution in [0, 0.1) is 0 Å². The van der Waals surface area contributed by atoms with Crippen LogP contribution in [-0.4, -0.2) is 37.3 Å². The largest absolute Gasteiger partial charge is 0.493 e. The molecule has 1 saturated heterocycles. The minimum absolute atomic E-state index is 0.206. The smallest absolute Gasteiger partial charge is 0.410 e. The molecule has 0 aromatic heterocycles. The van der Waals surface area contributed by atoms with Gasteiger partial charge in [0.25, 0.3) is 0 Å². The van der Waals surface area contributed by atoms with E-state index in [1.165, 1.54) is 12.8 Å². The molecule has 1 aromatic carbocycles. The Labute approximate surface area is 150 Å². The number of benzene rings is 1. The Balaban J connectivity index is 1.68. The maximum absolute atomic E-state index is 12.2. The zero-order chi connectivity index (χ0) is 17.6. The first-order valence-corrected chi connectivity index (χ1v) is 9.51. The van der Waals surface area contributed by atoms with Gasteiger partial charge in [-0.1, -0.05) is 19.4 Å². The highest BCUT2D eigenvalue weighted by Gasteiger charge is 2.28. The zero-order valence-corrected chi connectivity index (χ0v) is 15.3. The second kappa shape index (κ2) is 8.45. The molecule has 1 unspecified atom stereocenters. The summed E-state index contributed by atoms with van der Waals surface area (Å²) in [6, 6.07) is 5.87. The molecular weight excluding hydrogens is 318 g/mol. The lowest BCUT2D eigenvalue weighted by atomic mass is 10.0. The molecule has 1 aliphatic carbocycles.